The summed E-state index contributed by atoms with van der Waals surface area (Å²) in [4.78, 5) is 4.46. The number of hydrogen-bond acceptors (Lipinski definition) is 4. The Balaban J connectivity index is 2.40. The van der Waals surface area contributed by atoms with Crippen molar-refractivity contribution in [3.63, 3.8) is 0 Å². The average molecular weight is 299 g/mol. The van der Waals surface area contributed by atoms with Crippen molar-refractivity contribution in [2.45, 2.75) is 25.9 Å². The van der Waals surface area contributed by atoms with Gasteiger partial charge < -0.3 is 10.2 Å². The number of nitrogens with zero attached hydrogens (tertiary/aromatic N) is 1. The van der Waals surface area contributed by atoms with Gasteiger partial charge in [0.25, 0.3) is 0 Å². The van der Waals surface area contributed by atoms with Crippen LogP contribution in [-0.2, 0) is 0 Å². The highest BCUT2D eigenvalue weighted by molar-refractivity contribution is 5.92. The fourth-order valence-corrected chi connectivity index (χ4v) is 1.90. The Hall–Kier alpha value is -2.02. The molecule has 0 unspecified atom stereocenters. The standard InChI is InChI=1S/C14H16F3N3O/c1-8(2)12-6-13(20-18)10-5-9(3-4-11(10)19-12)21-7-14(15,16)17/h3-6,8H,7,18H2,1-2H3,(H,19,20). The zero-order valence-corrected chi connectivity index (χ0v) is 11.7. The van der Waals surface area contributed by atoms with Crippen LogP contribution in [0.25, 0.3) is 10.9 Å². The highest BCUT2D eigenvalue weighted by atomic mass is 19.4. The average Bonchev–Trinajstić information content (AvgIpc) is 2.42. The molecular weight excluding hydrogens is 283 g/mol. The van der Waals surface area contributed by atoms with E-state index in [9.17, 15) is 13.2 Å². The lowest BCUT2D eigenvalue weighted by Crippen LogP contribution is -2.19. The van der Waals surface area contributed by atoms with Crippen LogP contribution < -0.4 is 16.0 Å². The quantitative estimate of drug-likeness (QED) is 0.669. The number of ether oxygens (including phenoxy) is 1. The zero-order valence-electron chi connectivity index (χ0n) is 11.7. The molecule has 4 nitrogen and oxygen atoms in total. The number of halogens is 3. The van der Waals surface area contributed by atoms with E-state index in [1.165, 1.54) is 12.1 Å². The van der Waals surface area contributed by atoms with Crippen LogP contribution in [0.1, 0.15) is 25.5 Å². The van der Waals surface area contributed by atoms with Gasteiger partial charge in [-0.1, -0.05) is 13.8 Å². The number of nitrogens with one attached hydrogen (secondary N) is 1. The first-order valence-electron chi connectivity index (χ1n) is 6.41. The summed E-state index contributed by atoms with van der Waals surface area (Å²) < 4.78 is 41.3. The van der Waals surface area contributed by atoms with Gasteiger partial charge >= 0.3 is 6.18 Å². The monoisotopic (exact) mass is 299 g/mol. The van der Waals surface area contributed by atoms with Crippen LogP contribution in [-0.4, -0.2) is 17.8 Å². The van der Waals surface area contributed by atoms with E-state index < -0.39 is 12.8 Å². The van der Waals surface area contributed by atoms with E-state index in [0.717, 1.165) is 5.69 Å². The van der Waals surface area contributed by atoms with Crippen molar-refractivity contribution >= 4 is 16.6 Å². The minimum Gasteiger partial charge on any atom is -0.484 e. The third-order valence-electron chi connectivity index (χ3n) is 2.95. The Morgan fingerprint density at radius 1 is 1.29 bits per heavy atom. The van der Waals surface area contributed by atoms with Gasteiger partial charge in [-0.15, -0.1) is 0 Å². The predicted octanol–water partition coefficient (Wildman–Crippen LogP) is 3.58. The minimum absolute atomic E-state index is 0.121. The first kappa shape index (κ1) is 15.4. The molecule has 21 heavy (non-hydrogen) atoms. The number of hydrogen-bond donors (Lipinski definition) is 2. The van der Waals surface area contributed by atoms with E-state index in [1.807, 2.05) is 13.8 Å². The Morgan fingerprint density at radius 3 is 2.57 bits per heavy atom. The second kappa shape index (κ2) is 5.77. The maximum Gasteiger partial charge on any atom is 0.422 e. The maximum atomic E-state index is 12.2. The van der Waals surface area contributed by atoms with Crippen LogP contribution in [0.4, 0.5) is 18.9 Å². The van der Waals surface area contributed by atoms with Crippen LogP contribution in [0.15, 0.2) is 24.3 Å². The molecule has 0 bridgehead atoms. The molecule has 0 aliphatic heterocycles. The molecule has 0 radical (unpaired) electrons. The summed E-state index contributed by atoms with van der Waals surface area (Å²) in [6, 6.07) is 6.35. The SMILES string of the molecule is CC(C)c1cc(NN)c2cc(OCC(F)(F)F)ccc2n1. The van der Waals surface area contributed by atoms with Gasteiger partial charge in [0, 0.05) is 11.1 Å². The lowest BCUT2D eigenvalue weighted by atomic mass is 10.1. The molecule has 114 valence electrons. The Labute approximate surface area is 120 Å². The normalized spacial score (nSPS) is 12.0. The van der Waals surface area contributed by atoms with Crippen LogP contribution >= 0.6 is 0 Å². The molecule has 0 aliphatic carbocycles. The number of nitrogen functional groups attached to an aromatic ring is 1. The largest absolute Gasteiger partial charge is 0.484 e. The molecular formula is C14H16F3N3O. The summed E-state index contributed by atoms with van der Waals surface area (Å²) in [7, 11) is 0. The molecule has 0 amide bonds. The molecule has 1 aromatic heterocycles. The summed E-state index contributed by atoms with van der Waals surface area (Å²) >= 11 is 0. The molecule has 1 heterocycles. The summed E-state index contributed by atoms with van der Waals surface area (Å²) in [6.45, 7) is 2.66. The zero-order chi connectivity index (χ0) is 15.6. The maximum absolute atomic E-state index is 12.2. The Morgan fingerprint density at radius 2 is 2.00 bits per heavy atom. The highest BCUT2D eigenvalue weighted by Gasteiger charge is 2.28. The second-order valence-corrected chi connectivity index (χ2v) is 4.98. The number of hydrazine groups is 1. The van der Waals surface area contributed by atoms with Crippen molar-refractivity contribution in [2.24, 2.45) is 5.84 Å². The molecule has 0 atom stereocenters. The first-order valence-corrected chi connectivity index (χ1v) is 6.41. The molecule has 0 spiro atoms. The number of alkyl halides is 3. The molecule has 3 N–H and O–H groups in total. The molecule has 2 rings (SSSR count). The van der Waals surface area contributed by atoms with E-state index in [-0.39, 0.29) is 11.7 Å². The number of aromatic nitrogens is 1. The number of benzene rings is 1. The summed E-state index contributed by atoms with van der Waals surface area (Å²) in [5.74, 6) is 5.81. The fraction of sp³-hybridized carbons (Fsp3) is 0.357. The van der Waals surface area contributed by atoms with Gasteiger partial charge in [0.15, 0.2) is 6.61 Å². The summed E-state index contributed by atoms with van der Waals surface area (Å²) in [5.41, 5.74) is 4.64. The van der Waals surface area contributed by atoms with Gasteiger partial charge in [-0.25, -0.2) is 0 Å². The van der Waals surface area contributed by atoms with Crippen LogP contribution in [0.2, 0.25) is 0 Å². The molecule has 0 saturated heterocycles. The van der Waals surface area contributed by atoms with Gasteiger partial charge in [0.05, 0.1) is 11.2 Å². The van der Waals surface area contributed by atoms with Gasteiger partial charge in [-0.3, -0.25) is 10.8 Å². The highest BCUT2D eigenvalue weighted by Crippen LogP contribution is 2.29. The Kier molecular flexibility index (Phi) is 4.22. The smallest absolute Gasteiger partial charge is 0.422 e. The minimum atomic E-state index is -4.37. The number of nitrogens with two attached hydrogens (primary N) is 1. The van der Waals surface area contributed by atoms with E-state index in [4.69, 9.17) is 10.6 Å². The Bertz CT molecular complexity index is 641. The third kappa shape index (κ3) is 3.75. The van der Waals surface area contributed by atoms with Gasteiger partial charge in [0.2, 0.25) is 0 Å². The van der Waals surface area contributed by atoms with Crippen molar-refractivity contribution < 1.29 is 17.9 Å². The van der Waals surface area contributed by atoms with Crippen LogP contribution in [0.3, 0.4) is 0 Å². The lowest BCUT2D eigenvalue weighted by molar-refractivity contribution is -0.153. The summed E-state index contributed by atoms with van der Waals surface area (Å²) in [5, 5.41) is 0.613. The molecule has 0 saturated carbocycles. The molecule has 0 aliphatic rings. The topological polar surface area (TPSA) is 60.2 Å². The van der Waals surface area contributed by atoms with Crippen LogP contribution in [0.5, 0.6) is 5.75 Å². The third-order valence-corrected chi connectivity index (χ3v) is 2.95. The second-order valence-electron chi connectivity index (χ2n) is 4.98. The van der Waals surface area contributed by atoms with Crippen molar-refractivity contribution in [2.75, 3.05) is 12.0 Å². The van der Waals surface area contributed by atoms with Gasteiger partial charge in [-0.05, 0) is 30.2 Å². The fourth-order valence-electron chi connectivity index (χ4n) is 1.90. The van der Waals surface area contributed by atoms with Crippen molar-refractivity contribution in [1.82, 2.24) is 4.98 Å². The first-order chi connectivity index (χ1) is 9.80. The van der Waals surface area contributed by atoms with Crippen LogP contribution in [0, 0.1) is 0 Å². The van der Waals surface area contributed by atoms with Gasteiger partial charge in [-0.2, -0.15) is 13.2 Å². The van der Waals surface area contributed by atoms with Crippen molar-refractivity contribution in [3.8, 4) is 5.75 Å². The van der Waals surface area contributed by atoms with E-state index in [2.05, 4.69) is 10.4 Å². The van der Waals surface area contributed by atoms with E-state index >= 15 is 0 Å². The van der Waals surface area contributed by atoms with E-state index in [1.54, 1.807) is 12.1 Å². The number of rotatable bonds is 4. The molecule has 2 aromatic rings. The summed E-state index contributed by atoms with van der Waals surface area (Å²) in [6.07, 6.45) is -4.37. The number of fused-ring (bicyclic) bond motifs is 1. The van der Waals surface area contributed by atoms with Gasteiger partial charge in [0.1, 0.15) is 5.75 Å². The number of anilines is 1. The number of pyridine rings is 1. The predicted molar refractivity (Wildman–Crippen MR) is 75.2 cm³/mol. The molecule has 7 heteroatoms. The molecule has 1 aromatic carbocycles. The van der Waals surface area contributed by atoms with Crippen molar-refractivity contribution in [3.05, 3.63) is 30.0 Å². The lowest BCUT2D eigenvalue weighted by Gasteiger charge is -2.13. The van der Waals surface area contributed by atoms with E-state index in [0.29, 0.717) is 16.6 Å². The molecule has 0 fully saturated rings. The van der Waals surface area contributed by atoms with Crippen molar-refractivity contribution in [1.29, 1.82) is 0 Å².